The second kappa shape index (κ2) is 21.5. The number of benzene rings is 1. The highest BCUT2D eigenvalue weighted by Gasteiger charge is 2.09. The Balaban J connectivity index is 1.79. The maximum atomic E-state index is 11.9. The van der Waals surface area contributed by atoms with Crippen molar-refractivity contribution in [3.05, 3.63) is 29.8 Å². The molecule has 194 valence electrons. The molecule has 1 aromatic rings. The highest BCUT2D eigenvalue weighted by molar-refractivity contribution is 6.04. The molecule has 3 amide bonds. The van der Waals surface area contributed by atoms with E-state index in [-0.39, 0.29) is 5.75 Å². The van der Waals surface area contributed by atoms with Gasteiger partial charge in [0.05, 0.1) is 0 Å². The van der Waals surface area contributed by atoms with E-state index in [2.05, 4.69) is 17.6 Å². The van der Waals surface area contributed by atoms with Crippen LogP contribution in [0, 0.1) is 0 Å². The quantitative estimate of drug-likeness (QED) is 0.157. The van der Waals surface area contributed by atoms with Crippen molar-refractivity contribution < 1.29 is 14.7 Å². The second-order valence-electron chi connectivity index (χ2n) is 9.62. The van der Waals surface area contributed by atoms with Crippen LogP contribution in [0.1, 0.15) is 139 Å². The Bertz CT molecular complexity index is 631. The van der Waals surface area contributed by atoms with Crippen LogP contribution >= 0.6 is 0 Å². The minimum atomic E-state index is -0.472. The highest BCUT2D eigenvalue weighted by Crippen LogP contribution is 2.14. The molecule has 34 heavy (non-hydrogen) atoms. The van der Waals surface area contributed by atoms with Crippen molar-refractivity contribution in [3.63, 3.8) is 0 Å². The predicted molar refractivity (Wildman–Crippen MR) is 142 cm³/mol. The molecule has 0 heterocycles. The molecular weight excluding hydrogens is 424 g/mol. The zero-order valence-electron chi connectivity index (χ0n) is 21.7. The van der Waals surface area contributed by atoms with Crippen LogP contribution in [0.5, 0.6) is 5.75 Å². The Morgan fingerprint density at radius 1 is 0.618 bits per heavy atom. The molecule has 0 aromatic heterocycles. The van der Waals surface area contributed by atoms with E-state index in [9.17, 15) is 14.7 Å². The van der Waals surface area contributed by atoms with Gasteiger partial charge in [0.1, 0.15) is 5.75 Å². The van der Waals surface area contributed by atoms with E-state index in [0.29, 0.717) is 12.1 Å². The molecule has 0 unspecified atom stereocenters. The third-order valence-electron chi connectivity index (χ3n) is 6.42. The first kappa shape index (κ1) is 30.0. The van der Waals surface area contributed by atoms with Crippen LogP contribution in [0.3, 0.4) is 0 Å². The molecule has 0 aliphatic carbocycles. The number of phenolic OH excluding ortho intramolecular Hbond substituents is 1. The Morgan fingerprint density at radius 3 is 1.41 bits per heavy atom. The summed E-state index contributed by atoms with van der Waals surface area (Å²) in [5, 5.41) is 14.3. The lowest BCUT2D eigenvalue weighted by atomic mass is 10.0. The number of urea groups is 1. The van der Waals surface area contributed by atoms with Gasteiger partial charge in [0.2, 0.25) is 0 Å². The molecule has 0 fully saturated rings. The summed E-state index contributed by atoms with van der Waals surface area (Å²) < 4.78 is 0. The number of unbranched alkanes of at least 4 members (excludes halogenated alkanes) is 18. The topological polar surface area (TPSA) is 78.4 Å². The monoisotopic (exact) mass is 474 g/mol. The number of carbonyl (C=O) groups excluding carboxylic acids is 2. The fraction of sp³-hybridized carbons (Fsp3) is 0.724. The molecule has 0 atom stereocenters. The van der Waals surface area contributed by atoms with Gasteiger partial charge in [-0.15, -0.1) is 0 Å². The molecule has 3 N–H and O–H groups in total. The van der Waals surface area contributed by atoms with Crippen LogP contribution in [0.4, 0.5) is 4.79 Å². The minimum Gasteiger partial charge on any atom is -0.508 e. The van der Waals surface area contributed by atoms with Crippen molar-refractivity contribution in [1.29, 1.82) is 0 Å². The number of carbonyl (C=O) groups is 2. The summed E-state index contributed by atoms with van der Waals surface area (Å²) in [5.41, 5.74) is 0.344. The summed E-state index contributed by atoms with van der Waals surface area (Å²) in [6.45, 7) is 2.86. The first-order valence-electron chi connectivity index (χ1n) is 14.0. The number of phenols is 1. The zero-order chi connectivity index (χ0) is 24.7. The SMILES string of the molecule is CCCCCCCCCCCCCCCCCCCCCNC(=O)NC(=O)c1ccc(O)cc1. The number of hydrogen-bond donors (Lipinski definition) is 3. The summed E-state index contributed by atoms with van der Waals surface area (Å²) in [6, 6.07) is 5.34. The Labute approximate surface area is 208 Å². The second-order valence-corrected chi connectivity index (χ2v) is 9.62. The Morgan fingerprint density at radius 2 is 1.00 bits per heavy atom. The van der Waals surface area contributed by atoms with Crippen LogP contribution in [0.2, 0.25) is 0 Å². The number of aromatic hydroxyl groups is 1. The van der Waals surface area contributed by atoms with E-state index in [1.807, 2.05) is 0 Å². The van der Waals surface area contributed by atoms with E-state index < -0.39 is 11.9 Å². The van der Waals surface area contributed by atoms with Gasteiger partial charge in [-0.1, -0.05) is 122 Å². The maximum absolute atomic E-state index is 11.9. The molecule has 5 heteroatoms. The van der Waals surface area contributed by atoms with Gasteiger partial charge in [0.15, 0.2) is 0 Å². The summed E-state index contributed by atoms with van der Waals surface area (Å²) in [5.74, 6) is -0.379. The number of imide groups is 1. The van der Waals surface area contributed by atoms with E-state index in [0.717, 1.165) is 12.8 Å². The molecule has 0 radical (unpaired) electrons. The van der Waals surface area contributed by atoms with Gasteiger partial charge in [0, 0.05) is 12.1 Å². The van der Waals surface area contributed by atoms with Crippen molar-refractivity contribution in [1.82, 2.24) is 10.6 Å². The van der Waals surface area contributed by atoms with Gasteiger partial charge in [-0.3, -0.25) is 10.1 Å². The molecule has 1 aromatic carbocycles. The molecule has 0 spiro atoms. The van der Waals surface area contributed by atoms with Gasteiger partial charge in [0.25, 0.3) is 5.91 Å². The summed E-state index contributed by atoms with van der Waals surface area (Å²) in [4.78, 5) is 23.7. The van der Waals surface area contributed by atoms with E-state index in [1.165, 1.54) is 133 Å². The molecule has 0 saturated heterocycles. The van der Waals surface area contributed by atoms with Crippen LogP contribution in [0.25, 0.3) is 0 Å². The number of nitrogens with one attached hydrogen (secondary N) is 2. The molecule has 0 aliphatic rings. The lowest BCUT2D eigenvalue weighted by Gasteiger charge is -2.07. The number of amides is 3. The fourth-order valence-electron chi connectivity index (χ4n) is 4.24. The smallest absolute Gasteiger partial charge is 0.321 e. The summed E-state index contributed by atoms with van der Waals surface area (Å²) in [6.07, 6.45) is 25.5. The summed E-state index contributed by atoms with van der Waals surface area (Å²) in [7, 11) is 0. The first-order chi connectivity index (χ1) is 16.6. The Hall–Kier alpha value is -2.04. The van der Waals surface area contributed by atoms with Crippen molar-refractivity contribution in [3.8, 4) is 5.75 Å². The molecule has 0 bridgehead atoms. The third kappa shape index (κ3) is 17.4. The lowest BCUT2D eigenvalue weighted by Crippen LogP contribution is -2.39. The molecule has 1 rings (SSSR count). The number of hydrogen-bond acceptors (Lipinski definition) is 3. The van der Waals surface area contributed by atoms with Gasteiger partial charge < -0.3 is 10.4 Å². The van der Waals surface area contributed by atoms with Crippen molar-refractivity contribution in [2.45, 2.75) is 129 Å². The van der Waals surface area contributed by atoms with Gasteiger partial charge >= 0.3 is 6.03 Å². The van der Waals surface area contributed by atoms with Crippen molar-refractivity contribution in [2.24, 2.45) is 0 Å². The number of rotatable bonds is 21. The highest BCUT2D eigenvalue weighted by atomic mass is 16.3. The van der Waals surface area contributed by atoms with Crippen molar-refractivity contribution >= 4 is 11.9 Å². The maximum Gasteiger partial charge on any atom is 0.321 e. The Kier molecular flexibility index (Phi) is 19.0. The zero-order valence-corrected chi connectivity index (χ0v) is 21.7. The van der Waals surface area contributed by atoms with E-state index >= 15 is 0 Å². The van der Waals surface area contributed by atoms with Crippen LogP contribution in [-0.2, 0) is 0 Å². The fourth-order valence-corrected chi connectivity index (χ4v) is 4.24. The van der Waals surface area contributed by atoms with E-state index in [4.69, 9.17) is 0 Å². The van der Waals surface area contributed by atoms with Crippen LogP contribution in [0.15, 0.2) is 24.3 Å². The molecular formula is C29H50N2O3. The normalized spacial score (nSPS) is 10.9. The van der Waals surface area contributed by atoms with Crippen LogP contribution < -0.4 is 10.6 Å². The largest absolute Gasteiger partial charge is 0.508 e. The standard InChI is InChI=1S/C29H50N2O3/c1-2-3-4-5-6-7-8-9-10-11-12-13-14-15-16-17-18-19-20-25-30-29(34)31-28(33)26-21-23-27(32)24-22-26/h21-24,32H,2-20,25H2,1H3,(H2,30,31,33,34). The molecule has 0 aliphatic heterocycles. The third-order valence-corrected chi connectivity index (χ3v) is 6.42. The molecule has 0 saturated carbocycles. The van der Waals surface area contributed by atoms with Crippen LogP contribution in [-0.4, -0.2) is 23.6 Å². The van der Waals surface area contributed by atoms with Crippen molar-refractivity contribution in [2.75, 3.05) is 6.54 Å². The first-order valence-corrected chi connectivity index (χ1v) is 14.0. The molecule has 5 nitrogen and oxygen atoms in total. The minimum absolute atomic E-state index is 0.0883. The summed E-state index contributed by atoms with van der Waals surface area (Å²) >= 11 is 0. The average Bonchev–Trinajstić information content (AvgIpc) is 2.83. The predicted octanol–water partition coefficient (Wildman–Crippen LogP) is 8.26. The lowest BCUT2D eigenvalue weighted by molar-refractivity contribution is 0.0964. The van der Waals surface area contributed by atoms with Gasteiger partial charge in [-0.25, -0.2) is 4.79 Å². The average molecular weight is 475 g/mol. The van der Waals surface area contributed by atoms with Gasteiger partial charge in [-0.05, 0) is 30.7 Å². The van der Waals surface area contributed by atoms with E-state index in [1.54, 1.807) is 0 Å². The van der Waals surface area contributed by atoms with Gasteiger partial charge in [-0.2, -0.15) is 0 Å².